The zero-order valence-electron chi connectivity index (χ0n) is 20.0. The Morgan fingerprint density at radius 2 is 1.39 bits per heavy atom. The molecular formula is C29H25F3O4. The summed E-state index contributed by atoms with van der Waals surface area (Å²) in [7, 11) is 4.63. The van der Waals surface area contributed by atoms with Crippen LogP contribution in [0.15, 0.2) is 72.8 Å². The Morgan fingerprint density at radius 1 is 0.722 bits per heavy atom. The van der Waals surface area contributed by atoms with E-state index in [0.29, 0.717) is 17.1 Å². The van der Waals surface area contributed by atoms with Gasteiger partial charge in [0.15, 0.2) is 5.78 Å². The lowest BCUT2D eigenvalue weighted by atomic mass is 10.0. The van der Waals surface area contributed by atoms with Gasteiger partial charge in [-0.05, 0) is 59.2 Å². The van der Waals surface area contributed by atoms with Gasteiger partial charge in [-0.3, -0.25) is 4.79 Å². The third-order valence-electron chi connectivity index (χ3n) is 5.28. The van der Waals surface area contributed by atoms with Crippen molar-refractivity contribution in [1.29, 1.82) is 0 Å². The minimum Gasteiger partial charge on any atom is -0.497 e. The molecule has 3 aromatic carbocycles. The summed E-state index contributed by atoms with van der Waals surface area (Å²) in [6.45, 7) is 0. The van der Waals surface area contributed by atoms with Crippen molar-refractivity contribution >= 4 is 30.1 Å². The highest BCUT2D eigenvalue weighted by Crippen LogP contribution is 2.33. The number of ether oxygens (including phenoxy) is 3. The smallest absolute Gasteiger partial charge is 0.416 e. The lowest BCUT2D eigenvalue weighted by Crippen LogP contribution is -2.06. The van der Waals surface area contributed by atoms with E-state index in [1.54, 1.807) is 25.3 Å². The van der Waals surface area contributed by atoms with Gasteiger partial charge < -0.3 is 14.2 Å². The van der Waals surface area contributed by atoms with Crippen LogP contribution in [-0.4, -0.2) is 27.1 Å². The summed E-state index contributed by atoms with van der Waals surface area (Å²) in [5, 5.41) is 0. The van der Waals surface area contributed by atoms with E-state index in [-0.39, 0.29) is 5.56 Å². The molecule has 0 unspecified atom stereocenters. The third kappa shape index (κ3) is 6.88. The molecule has 4 nitrogen and oxygen atoms in total. The monoisotopic (exact) mass is 494 g/mol. The van der Waals surface area contributed by atoms with Crippen molar-refractivity contribution in [2.45, 2.75) is 6.18 Å². The summed E-state index contributed by atoms with van der Waals surface area (Å²) >= 11 is 0. The average Bonchev–Trinajstić information content (AvgIpc) is 2.89. The first-order valence-electron chi connectivity index (χ1n) is 10.9. The molecule has 0 aliphatic carbocycles. The largest absolute Gasteiger partial charge is 0.497 e. The molecule has 0 aromatic heterocycles. The van der Waals surface area contributed by atoms with Crippen LogP contribution in [0.2, 0.25) is 0 Å². The number of allylic oxidation sites excluding steroid dienone is 2. The van der Waals surface area contributed by atoms with Crippen LogP contribution in [0.4, 0.5) is 13.2 Å². The highest BCUT2D eigenvalue weighted by atomic mass is 19.4. The molecule has 186 valence electrons. The summed E-state index contributed by atoms with van der Waals surface area (Å²) in [4.78, 5) is 12.5. The first kappa shape index (κ1) is 26.3. The van der Waals surface area contributed by atoms with E-state index in [4.69, 9.17) is 14.2 Å². The van der Waals surface area contributed by atoms with Gasteiger partial charge in [-0.15, -0.1) is 0 Å². The average molecular weight is 495 g/mol. The Hall–Kier alpha value is -4.26. The van der Waals surface area contributed by atoms with Gasteiger partial charge in [-0.1, -0.05) is 48.6 Å². The number of ketones is 1. The zero-order chi connectivity index (χ0) is 26.1. The van der Waals surface area contributed by atoms with Crippen LogP contribution in [0, 0.1) is 0 Å². The Bertz CT molecular complexity index is 1290. The van der Waals surface area contributed by atoms with Gasteiger partial charge in [0.25, 0.3) is 0 Å². The molecule has 0 fully saturated rings. The van der Waals surface area contributed by atoms with E-state index >= 15 is 0 Å². The molecule has 0 aliphatic rings. The van der Waals surface area contributed by atoms with E-state index in [2.05, 4.69) is 0 Å². The van der Waals surface area contributed by atoms with Crippen LogP contribution < -0.4 is 14.2 Å². The Morgan fingerprint density at radius 3 is 2.03 bits per heavy atom. The van der Waals surface area contributed by atoms with E-state index in [1.165, 1.54) is 38.5 Å². The lowest BCUT2D eigenvalue weighted by molar-refractivity contribution is -0.137. The molecule has 0 aliphatic heterocycles. The first-order chi connectivity index (χ1) is 17.2. The zero-order valence-corrected chi connectivity index (χ0v) is 20.0. The minimum absolute atomic E-state index is 0.0862. The van der Waals surface area contributed by atoms with Crippen molar-refractivity contribution in [2.75, 3.05) is 21.3 Å². The van der Waals surface area contributed by atoms with Crippen LogP contribution in [0.5, 0.6) is 17.2 Å². The number of carbonyl (C=O) groups is 1. The first-order valence-corrected chi connectivity index (χ1v) is 10.9. The molecule has 0 saturated heterocycles. The number of benzene rings is 3. The van der Waals surface area contributed by atoms with Crippen LogP contribution in [-0.2, 0) is 11.0 Å². The Labute approximate surface area is 207 Å². The van der Waals surface area contributed by atoms with Gasteiger partial charge in [-0.25, -0.2) is 0 Å². The number of rotatable bonds is 9. The molecule has 0 saturated carbocycles. The van der Waals surface area contributed by atoms with Gasteiger partial charge >= 0.3 is 6.18 Å². The molecule has 7 heteroatoms. The predicted octanol–water partition coefficient (Wildman–Crippen LogP) is 7.20. The fraction of sp³-hybridized carbons (Fsp3) is 0.138. The number of hydrogen-bond donors (Lipinski definition) is 0. The number of hydrogen-bond acceptors (Lipinski definition) is 4. The molecule has 0 amide bonds. The highest BCUT2D eigenvalue weighted by Gasteiger charge is 2.32. The summed E-state index contributed by atoms with van der Waals surface area (Å²) in [6.07, 6.45) is 4.33. The fourth-order valence-corrected chi connectivity index (χ4v) is 3.42. The molecule has 0 N–H and O–H groups in total. The summed E-state index contributed by atoms with van der Waals surface area (Å²) in [6, 6.07) is 16.0. The molecule has 0 radical (unpaired) electrons. The second kappa shape index (κ2) is 11.9. The van der Waals surface area contributed by atoms with Crippen molar-refractivity contribution in [3.8, 4) is 17.2 Å². The summed E-state index contributed by atoms with van der Waals surface area (Å²) in [5.41, 5.74) is 1.37. The van der Waals surface area contributed by atoms with Crippen LogP contribution in [0.25, 0.3) is 24.3 Å². The molecule has 0 heterocycles. The molecular weight excluding hydrogens is 469 g/mol. The van der Waals surface area contributed by atoms with E-state index < -0.39 is 17.5 Å². The van der Waals surface area contributed by atoms with E-state index in [0.717, 1.165) is 35.1 Å². The van der Waals surface area contributed by atoms with Crippen molar-refractivity contribution in [1.82, 2.24) is 0 Å². The van der Waals surface area contributed by atoms with Gasteiger partial charge in [0.2, 0.25) is 0 Å². The molecule has 0 bridgehead atoms. The normalized spacial score (nSPS) is 11.9. The summed E-state index contributed by atoms with van der Waals surface area (Å²) < 4.78 is 55.6. The Kier molecular flexibility index (Phi) is 8.73. The van der Waals surface area contributed by atoms with Crippen LogP contribution in [0.3, 0.4) is 0 Å². The van der Waals surface area contributed by atoms with Gasteiger partial charge in [0, 0.05) is 11.6 Å². The van der Waals surface area contributed by atoms with Gasteiger partial charge in [0.1, 0.15) is 17.2 Å². The predicted molar refractivity (Wildman–Crippen MR) is 136 cm³/mol. The molecule has 3 aromatic rings. The number of halogens is 3. The van der Waals surface area contributed by atoms with Crippen molar-refractivity contribution in [3.63, 3.8) is 0 Å². The number of carbonyl (C=O) groups excluding carboxylic acids is 1. The summed E-state index contributed by atoms with van der Waals surface area (Å²) in [5.74, 6) is 1.30. The number of methoxy groups -OCH3 is 3. The van der Waals surface area contributed by atoms with Crippen molar-refractivity contribution in [2.24, 2.45) is 0 Å². The molecule has 3 rings (SSSR count). The second-order valence-corrected chi connectivity index (χ2v) is 7.59. The topological polar surface area (TPSA) is 44.8 Å². The maximum Gasteiger partial charge on any atom is 0.416 e. The van der Waals surface area contributed by atoms with E-state index in [9.17, 15) is 18.0 Å². The standard InChI is InChI=1S/C29H25F3O4/c1-34-24-15-9-20(10-16-24)8-11-22-18-25(35-2)19-28(36-3)26(22)17-14-23(33)13-12-21-6-4-5-7-27(21)29(30,31)32/h4-19H,1-3H3/b11-8+,13-12+,17-14+. The Balaban J connectivity index is 1.90. The van der Waals surface area contributed by atoms with Gasteiger partial charge in [0.05, 0.1) is 26.9 Å². The SMILES string of the molecule is COc1ccc(/C=C/c2cc(OC)cc(OC)c2/C=C/C(=O)/C=C/c2ccccc2C(F)(F)F)cc1. The maximum absolute atomic E-state index is 13.2. The number of alkyl halides is 3. The lowest BCUT2D eigenvalue weighted by Gasteiger charge is -2.11. The molecule has 0 atom stereocenters. The molecule has 36 heavy (non-hydrogen) atoms. The van der Waals surface area contributed by atoms with E-state index in [1.807, 2.05) is 36.4 Å². The van der Waals surface area contributed by atoms with Crippen LogP contribution >= 0.6 is 0 Å². The minimum atomic E-state index is -4.51. The van der Waals surface area contributed by atoms with Crippen molar-refractivity contribution < 1.29 is 32.2 Å². The maximum atomic E-state index is 13.2. The van der Waals surface area contributed by atoms with Gasteiger partial charge in [-0.2, -0.15) is 13.2 Å². The molecule has 0 spiro atoms. The van der Waals surface area contributed by atoms with Crippen LogP contribution in [0.1, 0.15) is 27.8 Å². The second-order valence-electron chi connectivity index (χ2n) is 7.59. The van der Waals surface area contributed by atoms with Crippen molar-refractivity contribution in [3.05, 3.63) is 101 Å². The quantitative estimate of drug-likeness (QED) is 0.233. The third-order valence-corrected chi connectivity index (χ3v) is 5.28. The fourth-order valence-electron chi connectivity index (χ4n) is 3.42. The highest BCUT2D eigenvalue weighted by molar-refractivity contribution is 6.05.